The summed E-state index contributed by atoms with van der Waals surface area (Å²) in [5.41, 5.74) is 0.103. The number of hydrogen-bond acceptors (Lipinski definition) is 6. The summed E-state index contributed by atoms with van der Waals surface area (Å²) in [5, 5.41) is 0. The standard InChI is InChI=1S/C29H31F3N4O3S2/c1-18(2)13-22-15-23(26(40-22)41(38,39)35-25-10-9-21(16-34-25)29(30,31)32)19-7-6-8-20(14-19)24(37)17-36-12-11-33-27(36)28(3,4)5/h6-12,14-16,18H,13,17H2,1-5H3,(H,34,35). The van der Waals surface area contributed by atoms with Crippen molar-refractivity contribution >= 4 is 33.0 Å². The molecule has 7 nitrogen and oxygen atoms in total. The molecule has 0 saturated heterocycles. The SMILES string of the molecule is CC(C)Cc1cc(-c2cccc(C(=O)Cn3ccnc3C(C)(C)C)c2)c(S(=O)(=O)Nc2ccc(C(F)(F)F)cn2)s1. The highest BCUT2D eigenvalue weighted by Gasteiger charge is 2.31. The molecule has 3 aromatic heterocycles. The average molecular weight is 605 g/mol. The smallest absolute Gasteiger partial charge is 0.327 e. The molecule has 0 aliphatic heterocycles. The van der Waals surface area contributed by atoms with Crippen LogP contribution in [0, 0.1) is 5.92 Å². The maximum Gasteiger partial charge on any atom is 0.417 e. The van der Waals surface area contributed by atoms with Gasteiger partial charge in [0.1, 0.15) is 15.9 Å². The first-order chi connectivity index (χ1) is 19.0. The van der Waals surface area contributed by atoms with Crippen molar-refractivity contribution in [3.05, 3.63) is 82.9 Å². The number of rotatable bonds is 9. The minimum Gasteiger partial charge on any atom is -0.327 e. The zero-order valence-corrected chi connectivity index (χ0v) is 24.9. The highest BCUT2D eigenvalue weighted by atomic mass is 32.2. The first-order valence-electron chi connectivity index (χ1n) is 12.9. The van der Waals surface area contributed by atoms with Gasteiger partial charge < -0.3 is 4.57 Å². The number of nitrogens with zero attached hydrogens (tertiary/aromatic N) is 3. The van der Waals surface area contributed by atoms with Crippen LogP contribution in [-0.2, 0) is 34.6 Å². The largest absolute Gasteiger partial charge is 0.417 e. The van der Waals surface area contributed by atoms with Gasteiger partial charge >= 0.3 is 6.18 Å². The number of anilines is 1. The van der Waals surface area contributed by atoms with Gasteiger partial charge in [0.2, 0.25) is 0 Å². The number of sulfonamides is 1. The molecule has 0 spiro atoms. The number of carbonyl (C=O) groups is 1. The summed E-state index contributed by atoms with van der Waals surface area (Å²) in [7, 11) is -4.22. The second kappa shape index (κ2) is 11.4. The highest BCUT2D eigenvalue weighted by molar-refractivity contribution is 7.94. The number of ketones is 1. The molecule has 218 valence electrons. The van der Waals surface area contributed by atoms with E-state index in [4.69, 9.17) is 0 Å². The van der Waals surface area contributed by atoms with E-state index in [-0.39, 0.29) is 33.7 Å². The molecular weight excluding hydrogens is 573 g/mol. The van der Waals surface area contributed by atoms with Crippen LogP contribution in [0.1, 0.15) is 61.2 Å². The lowest BCUT2D eigenvalue weighted by molar-refractivity contribution is -0.137. The van der Waals surface area contributed by atoms with Gasteiger partial charge in [-0.3, -0.25) is 9.52 Å². The van der Waals surface area contributed by atoms with Crippen molar-refractivity contribution in [2.45, 2.75) is 63.4 Å². The zero-order valence-electron chi connectivity index (χ0n) is 23.3. The molecule has 3 heterocycles. The van der Waals surface area contributed by atoms with Gasteiger partial charge in [-0.05, 0) is 42.2 Å². The summed E-state index contributed by atoms with van der Waals surface area (Å²) >= 11 is 1.08. The predicted molar refractivity (Wildman–Crippen MR) is 154 cm³/mol. The van der Waals surface area contributed by atoms with Crippen LogP contribution < -0.4 is 4.72 Å². The molecular formula is C29H31F3N4O3S2. The number of pyridine rings is 1. The summed E-state index contributed by atoms with van der Waals surface area (Å²) in [6.07, 6.45) is 0.0244. The molecule has 4 rings (SSSR count). The number of nitrogens with one attached hydrogen (secondary N) is 1. The Morgan fingerprint density at radius 3 is 2.41 bits per heavy atom. The second-order valence-electron chi connectivity index (χ2n) is 11.2. The quantitative estimate of drug-likeness (QED) is 0.204. The van der Waals surface area contributed by atoms with Gasteiger partial charge in [-0.15, -0.1) is 11.3 Å². The number of hydrogen-bond donors (Lipinski definition) is 1. The molecule has 0 atom stereocenters. The molecule has 0 aliphatic carbocycles. The Bertz CT molecular complexity index is 1650. The van der Waals surface area contributed by atoms with E-state index in [0.29, 0.717) is 29.3 Å². The Balaban J connectivity index is 1.68. The number of Topliss-reactive ketones (excluding diaryl/α,β-unsaturated/α-hetero) is 1. The number of benzene rings is 1. The fourth-order valence-corrected chi connectivity index (χ4v) is 7.28. The van der Waals surface area contributed by atoms with Crippen LogP contribution in [0.4, 0.5) is 19.0 Å². The fourth-order valence-electron chi connectivity index (χ4n) is 4.32. The topological polar surface area (TPSA) is 94.0 Å². The van der Waals surface area contributed by atoms with Crippen molar-refractivity contribution in [1.29, 1.82) is 0 Å². The van der Waals surface area contributed by atoms with Crippen molar-refractivity contribution in [2.24, 2.45) is 5.92 Å². The number of carbonyl (C=O) groups excluding carboxylic acids is 1. The Morgan fingerprint density at radius 1 is 1.07 bits per heavy atom. The molecule has 0 bridgehead atoms. The third-order valence-corrected chi connectivity index (χ3v) is 9.17. The number of alkyl halides is 3. The lowest BCUT2D eigenvalue weighted by Gasteiger charge is -2.19. The van der Waals surface area contributed by atoms with E-state index in [0.717, 1.165) is 34.2 Å². The van der Waals surface area contributed by atoms with E-state index in [2.05, 4.69) is 14.7 Å². The first-order valence-corrected chi connectivity index (χ1v) is 15.2. The average Bonchev–Trinajstić information content (AvgIpc) is 3.51. The number of thiophene rings is 1. The minimum atomic E-state index is -4.59. The van der Waals surface area contributed by atoms with Crippen molar-refractivity contribution < 1.29 is 26.4 Å². The fraction of sp³-hybridized carbons (Fsp3) is 0.345. The third-order valence-electron chi connectivity index (χ3n) is 6.13. The second-order valence-corrected chi connectivity index (χ2v) is 14.2. The summed E-state index contributed by atoms with van der Waals surface area (Å²) in [6, 6.07) is 10.3. The lowest BCUT2D eigenvalue weighted by Crippen LogP contribution is -2.21. The van der Waals surface area contributed by atoms with Crippen LogP contribution in [0.5, 0.6) is 0 Å². The Hall–Kier alpha value is -3.51. The molecule has 0 saturated carbocycles. The molecule has 0 radical (unpaired) electrons. The molecule has 12 heteroatoms. The maximum atomic E-state index is 13.5. The maximum absolute atomic E-state index is 13.5. The van der Waals surface area contributed by atoms with E-state index >= 15 is 0 Å². The third kappa shape index (κ3) is 7.23. The summed E-state index contributed by atoms with van der Waals surface area (Å²) in [4.78, 5) is 22.1. The molecule has 41 heavy (non-hydrogen) atoms. The first kappa shape index (κ1) is 30.4. The van der Waals surface area contributed by atoms with Gasteiger partial charge in [0.05, 0.1) is 12.1 Å². The number of halogens is 3. The summed E-state index contributed by atoms with van der Waals surface area (Å²) in [6.45, 7) is 10.1. The van der Waals surface area contributed by atoms with Gasteiger partial charge in [-0.1, -0.05) is 52.8 Å². The number of aromatic nitrogens is 3. The molecule has 1 aromatic carbocycles. The molecule has 0 fully saturated rings. The van der Waals surface area contributed by atoms with Crippen LogP contribution in [0.15, 0.2) is 65.3 Å². The van der Waals surface area contributed by atoms with E-state index in [1.165, 1.54) is 0 Å². The Kier molecular flexibility index (Phi) is 8.47. The van der Waals surface area contributed by atoms with Crippen molar-refractivity contribution in [1.82, 2.24) is 14.5 Å². The van der Waals surface area contributed by atoms with Gasteiger partial charge in [0.15, 0.2) is 5.78 Å². The predicted octanol–water partition coefficient (Wildman–Crippen LogP) is 7.21. The molecule has 1 N–H and O–H groups in total. The van der Waals surface area contributed by atoms with E-state index < -0.39 is 21.8 Å². The van der Waals surface area contributed by atoms with Crippen LogP contribution >= 0.6 is 11.3 Å². The molecule has 0 unspecified atom stereocenters. The van der Waals surface area contributed by atoms with Gasteiger partial charge in [-0.25, -0.2) is 18.4 Å². The van der Waals surface area contributed by atoms with Crippen LogP contribution in [0.25, 0.3) is 11.1 Å². The van der Waals surface area contributed by atoms with E-state index in [1.54, 1.807) is 47.3 Å². The van der Waals surface area contributed by atoms with Crippen LogP contribution in [0.2, 0.25) is 0 Å². The van der Waals surface area contributed by atoms with Crippen molar-refractivity contribution in [3.8, 4) is 11.1 Å². The molecule has 0 aliphatic rings. The molecule has 4 aromatic rings. The monoisotopic (exact) mass is 604 g/mol. The van der Waals surface area contributed by atoms with Gasteiger partial charge in [0.25, 0.3) is 10.0 Å². The van der Waals surface area contributed by atoms with Gasteiger partial charge in [-0.2, -0.15) is 13.2 Å². The zero-order chi connectivity index (χ0) is 30.2. The summed E-state index contributed by atoms with van der Waals surface area (Å²) < 4.78 is 69.9. The Morgan fingerprint density at radius 2 is 1.80 bits per heavy atom. The lowest BCUT2D eigenvalue weighted by atomic mass is 9.95. The molecule has 0 amide bonds. The normalized spacial score (nSPS) is 12.6. The highest BCUT2D eigenvalue weighted by Crippen LogP contribution is 2.38. The van der Waals surface area contributed by atoms with Crippen LogP contribution in [0.3, 0.4) is 0 Å². The number of imidazole rings is 1. The van der Waals surface area contributed by atoms with E-state index in [1.807, 2.05) is 34.6 Å². The van der Waals surface area contributed by atoms with Crippen molar-refractivity contribution in [2.75, 3.05) is 4.72 Å². The van der Waals surface area contributed by atoms with Crippen LogP contribution in [-0.4, -0.2) is 28.7 Å². The minimum absolute atomic E-state index is 0.0101. The Labute approximate surface area is 241 Å². The van der Waals surface area contributed by atoms with Crippen molar-refractivity contribution in [3.63, 3.8) is 0 Å². The van der Waals surface area contributed by atoms with Gasteiger partial charge in [0, 0.05) is 40.0 Å². The summed E-state index contributed by atoms with van der Waals surface area (Å²) in [5.74, 6) is 0.627. The van der Waals surface area contributed by atoms with E-state index in [9.17, 15) is 26.4 Å².